The van der Waals surface area contributed by atoms with Crippen molar-refractivity contribution in [3.8, 4) is 0 Å². The van der Waals surface area contributed by atoms with Crippen LogP contribution in [-0.2, 0) is 0 Å². The molecule has 3 heterocycles. The lowest BCUT2D eigenvalue weighted by Crippen LogP contribution is -2.34. The lowest BCUT2D eigenvalue weighted by atomic mass is 10.0. The van der Waals surface area contributed by atoms with Crippen LogP contribution in [0.15, 0.2) is 29.9 Å². The van der Waals surface area contributed by atoms with E-state index in [4.69, 9.17) is 0 Å². The van der Waals surface area contributed by atoms with Crippen molar-refractivity contribution < 1.29 is 4.92 Å². The van der Waals surface area contributed by atoms with Crippen molar-refractivity contribution in [1.82, 2.24) is 9.97 Å². The Labute approximate surface area is 120 Å². The lowest BCUT2D eigenvalue weighted by molar-refractivity contribution is -0.384. The Morgan fingerprint density at radius 3 is 3.00 bits per heavy atom. The number of nitro groups is 1. The molecule has 104 valence electrons. The van der Waals surface area contributed by atoms with Gasteiger partial charge in [0.1, 0.15) is 5.01 Å². The molecule has 1 aliphatic heterocycles. The number of anilines is 1. The smallest absolute Gasteiger partial charge is 0.311 e. The monoisotopic (exact) mass is 290 g/mol. The second-order valence-electron chi connectivity index (χ2n) is 4.68. The van der Waals surface area contributed by atoms with Gasteiger partial charge in [-0.2, -0.15) is 0 Å². The molecule has 20 heavy (non-hydrogen) atoms. The van der Waals surface area contributed by atoms with E-state index in [9.17, 15) is 10.1 Å². The maximum absolute atomic E-state index is 11.2. The third kappa shape index (κ3) is 2.36. The van der Waals surface area contributed by atoms with Crippen molar-refractivity contribution in [2.45, 2.75) is 25.3 Å². The fraction of sp³-hybridized carbons (Fsp3) is 0.385. The fourth-order valence-electron chi connectivity index (χ4n) is 2.59. The van der Waals surface area contributed by atoms with Crippen LogP contribution in [0.4, 0.5) is 11.5 Å². The van der Waals surface area contributed by atoms with E-state index in [2.05, 4.69) is 9.97 Å². The Bertz CT molecular complexity index is 602. The van der Waals surface area contributed by atoms with Crippen LogP contribution in [0.3, 0.4) is 0 Å². The summed E-state index contributed by atoms with van der Waals surface area (Å²) in [6, 6.07) is 3.21. The average molecular weight is 290 g/mol. The summed E-state index contributed by atoms with van der Waals surface area (Å²) in [5, 5.41) is 14.1. The molecule has 2 aromatic rings. The molecular formula is C13H14N4O2S. The van der Waals surface area contributed by atoms with Gasteiger partial charge in [0.2, 0.25) is 5.82 Å². The quantitative estimate of drug-likeness (QED) is 0.641. The zero-order chi connectivity index (χ0) is 13.9. The van der Waals surface area contributed by atoms with Crippen LogP contribution >= 0.6 is 11.3 Å². The zero-order valence-electron chi connectivity index (χ0n) is 10.8. The summed E-state index contributed by atoms with van der Waals surface area (Å²) < 4.78 is 0. The number of nitrogens with zero attached hydrogens (tertiary/aromatic N) is 4. The number of piperidine rings is 1. The molecule has 1 saturated heterocycles. The fourth-order valence-corrected chi connectivity index (χ4v) is 3.38. The highest BCUT2D eigenvalue weighted by Gasteiger charge is 2.31. The van der Waals surface area contributed by atoms with Gasteiger partial charge in [-0.1, -0.05) is 0 Å². The van der Waals surface area contributed by atoms with E-state index in [1.54, 1.807) is 29.8 Å². The van der Waals surface area contributed by atoms with Crippen LogP contribution in [0.2, 0.25) is 0 Å². The van der Waals surface area contributed by atoms with E-state index in [1.165, 1.54) is 6.07 Å². The van der Waals surface area contributed by atoms with Crippen LogP contribution in [0.25, 0.3) is 0 Å². The highest BCUT2D eigenvalue weighted by atomic mass is 32.1. The SMILES string of the molecule is O=[N+]([O-])c1cccnc1N1CCCC[C@@H]1c1nccs1. The van der Waals surface area contributed by atoms with Crippen molar-refractivity contribution in [3.63, 3.8) is 0 Å². The molecule has 0 N–H and O–H groups in total. The maximum Gasteiger partial charge on any atom is 0.311 e. The number of thiazole rings is 1. The number of pyridine rings is 1. The predicted octanol–water partition coefficient (Wildman–Crippen LogP) is 3.18. The molecule has 1 atom stereocenters. The van der Waals surface area contributed by atoms with Gasteiger partial charge in [-0.25, -0.2) is 9.97 Å². The first-order valence-corrected chi connectivity index (χ1v) is 7.41. The summed E-state index contributed by atoms with van der Waals surface area (Å²) >= 11 is 1.59. The maximum atomic E-state index is 11.2. The molecule has 0 unspecified atom stereocenters. The van der Waals surface area contributed by atoms with Gasteiger partial charge in [0, 0.05) is 30.4 Å². The Hall–Kier alpha value is -2.02. The third-order valence-electron chi connectivity index (χ3n) is 3.47. The minimum absolute atomic E-state index is 0.0657. The molecule has 1 aliphatic rings. The topological polar surface area (TPSA) is 72.2 Å². The molecule has 1 fully saturated rings. The highest BCUT2D eigenvalue weighted by molar-refractivity contribution is 7.09. The first kappa shape index (κ1) is 13.0. The molecule has 0 amide bonds. The average Bonchev–Trinajstić information content (AvgIpc) is 3.01. The van der Waals surface area contributed by atoms with E-state index in [0.717, 1.165) is 30.8 Å². The Morgan fingerprint density at radius 2 is 2.25 bits per heavy atom. The summed E-state index contributed by atoms with van der Waals surface area (Å²) in [4.78, 5) is 21.5. The normalized spacial score (nSPS) is 19.0. The molecule has 0 spiro atoms. The van der Waals surface area contributed by atoms with E-state index < -0.39 is 0 Å². The second kappa shape index (κ2) is 5.54. The molecule has 0 bridgehead atoms. The summed E-state index contributed by atoms with van der Waals surface area (Å²) in [5.74, 6) is 0.456. The van der Waals surface area contributed by atoms with Crippen LogP contribution < -0.4 is 4.90 Å². The Morgan fingerprint density at radius 1 is 1.35 bits per heavy atom. The van der Waals surface area contributed by atoms with Gasteiger partial charge in [0.25, 0.3) is 0 Å². The molecular weight excluding hydrogens is 276 g/mol. The van der Waals surface area contributed by atoms with Crippen LogP contribution in [0.1, 0.15) is 30.3 Å². The van der Waals surface area contributed by atoms with Crippen LogP contribution in [-0.4, -0.2) is 21.4 Å². The Kier molecular flexibility index (Phi) is 3.60. The van der Waals surface area contributed by atoms with Crippen molar-refractivity contribution in [1.29, 1.82) is 0 Å². The summed E-state index contributed by atoms with van der Waals surface area (Å²) in [7, 11) is 0. The van der Waals surface area contributed by atoms with E-state index in [-0.39, 0.29) is 16.7 Å². The van der Waals surface area contributed by atoms with Crippen LogP contribution in [0.5, 0.6) is 0 Å². The van der Waals surface area contributed by atoms with Gasteiger partial charge in [0.15, 0.2) is 0 Å². The van der Waals surface area contributed by atoms with Crippen LogP contribution in [0, 0.1) is 10.1 Å². The molecule has 3 rings (SSSR count). The number of hydrogen-bond donors (Lipinski definition) is 0. The standard InChI is InChI=1S/C13H14N4O2S/c18-17(19)10-5-3-6-14-12(10)16-8-2-1-4-11(16)13-15-7-9-20-13/h3,5-7,9,11H,1-2,4,8H2/t11-/m1/s1. The minimum atomic E-state index is -0.365. The van der Waals surface area contributed by atoms with Gasteiger partial charge in [-0.05, 0) is 25.3 Å². The zero-order valence-corrected chi connectivity index (χ0v) is 11.6. The van der Waals surface area contributed by atoms with Crippen molar-refractivity contribution in [2.24, 2.45) is 0 Å². The number of hydrogen-bond acceptors (Lipinski definition) is 6. The molecule has 0 saturated carbocycles. The van der Waals surface area contributed by atoms with Crippen molar-refractivity contribution >= 4 is 22.8 Å². The molecule has 2 aromatic heterocycles. The predicted molar refractivity (Wildman–Crippen MR) is 76.9 cm³/mol. The van der Waals surface area contributed by atoms with E-state index in [0.29, 0.717) is 5.82 Å². The lowest BCUT2D eigenvalue weighted by Gasteiger charge is -2.34. The third-order valence-corrected chi connectivity index (χ3v) is 4.35. The summed E-state index contributed by atoms with van der Waals surface area (Å²) in [6.45, 7) is 0.780. The molecule has 0 radical (unpaired) electrons. The highest BCUT2D eigenvalue weighted by Crippen LogP contribution is 2.38. The first-order chi connectivity index (χ1) is 9.77. The first-order valence-electron chi connectivity index (χ1n) is 6.53. The van der Waals surface area contributed by atoms with Crippen molar-refractivity contribution in [2.75, 3.05) is 11.4 Å². The molecule has 0 aromatic carbocycles. The van der Waals surface area contributed by atoms with Gasteiger partial charge < -0.3 is 4.90 Å². The summed E-state index contributed by atoms with van der Waals surface area (Å²) in [6.07, 6.45) is 6.48. The van der Waals surface area contributed by atoms with E-state index in [1.807, 2.05) is 10.3 Å². The van der Waals surface area contributed by atoms with Gasteiger partial charge in [0.05, 0.1) is 11.0 Å². The van der Waals surface area contributed by atoms with Crippen molar-refractivity contribution in [3.05, 3.63) is 45.0 Å². The molecule has 6 nitrogen and oxygen atoms in total. The second-order valence-corrected chi connectivity index (χ2v) is 5.60. The number of aromatic nitrogens is 2. The summed E-state index contributed by atoms with van der Waals surface area (Å²) in [5.41, 5.74) is 0.0657. The largest absolute Gasteiger partial charge is 0.341 e. The number of rotatable bonds is 3. The van der Waals surface area contributed by atoms with Gasteiger partial charge in [-0.15, -0.1) is 11.3 Å². The minimum Gasteiger partial charge on any atom is -0.341 e. The Balaban J connectivity index is 2.00. The van der Waals surface area contributed by atoms with E-state index >= 15 is 0 Å². The molecule has 7 heteroatoms. The van der Waals surface area contributed by atoms with Gasteiger partial charge in [-0.3, -0.25) is 10.1 Å². The molecule has 0 aliphatic carbocycles. The van der Waals surface area contributed by atoms with Gasteiger partial charge >= 0.3 is 5.69 Å².